The van der Waals surface area contributed by atoms with E-state index >= 15 is 0 Å². The average molecular weight is 290 g/mol. The number of sulfonamides is 1. The van der Waals surface area contributed by atoms with Crippen LogP contribution in [0.2, 0.25) is 0 Å². The van der Waals surface area contributed by atoms with Gasteiger partial charge in [0, 0.05) is 7.05 Å². The minimum atomic E-state index is -3.96. The van der Waals surface area contributed by atoms with Crippen molar-refractivity contribution in [3.63, 3.8) is 0 Å². The Morgan fingerprint density at radius 3 is 2.63 bits per heavy atom. The van der Waals surface area contributed by atoms with Gasteiger partial charge in [-0.1, -0.05) is 0 Å². The molecule has 19 heavy (non-hydrogen) atoms. The highest BCUT2D eigenvalue weighted by atomic mass is 32.2. The van der Waals surface area contributed by atoms with Crippen LogP contribution in [-0.2, 0) is 19.6 Å². The molecule has 0 bridgehead atoms. The lowest BCUT2D eigenvalue weighted by Gasteiger charge is -2.17. The van der Waals surface area contributed by atoms with Crippen molar-refractivity contribution in [2.45, 2.75) is 11.8 Å². The SMILES string of the molecule is CCOC(=O)CN(C)S(=O)(=O)c1ccc(F)cc1N. The van der Waals surface area contributed by atoms with Gasteiger partial charge in [0.05, 0.1) is 12.3 Å². The summed E-state index contributed by atoms with van der Waals surface area (Å²) in [6.45, 7) is 1.34. The summed E-state index contributed by atoms with van der Waals surface area (Å²) in [6.07, 6.45) is 0. The van der Waals surface area contributed by atoms with Crippen LogP contribution in [0.5, 0.6) is 0 Å². The monoisotopic (exact) mass is 290 g/mol. The number of nitrogen functional groups attached to an aromatic ring is 1. The van der Waals surface area contributed by atoms with Crippen molar-refractivity contribution >= 4 is 21.7 Å². The molecule has 1 rings (SSSR count). The van der Waals surface area contributed by atoms with E-state index in [2.05, 4.69) is 4.74 Å². The quantitative estimate of drug-likeness (QED) is 0.633. The molecule has 1 aromatic rings. The van der Waals surface area contributed by atoms with Crippen molar-refractivity contribution in [2.24, 2.45) is 0 Å². The second kappa shape index (κ2) is 5.98. The molecule has 0 saturated carbocycles. The molecule has 1 aromatic carbocycles. The van der Waals surface area contributed by atoms with Crippen molar-refractivity contribution in [1.82, 2.24) is 4.31 Å². The number of nitrogens with zero attached hydrogens (tertiary/aromatic N) is 1. The Morgan fingerprint density at radius 1 is 1.47 bits per heavy atom. The molecular weight excluding hydrogens is 275 g/mol. The number of carbonyl (C=O) groups is 1. The van der Waals surface area contributed by atoms with Crippen molar-refractivity contribution in [2.75, 3.05) is 25.9 Å². The highest BCUT2D eigenvalue weighted by Crippen LogP contribution is 2.22. The highest BCUT2D eigenvalue weighted by Gasteiger charge is 2.25. The molecule has 0 atom stereocenters. The molecule has 0 heterocycles. The summed E-state index contributed by atoms with van der Waals surface area (Å²) < 4.78 is 42.6. The first-order valence-electron chi connectivity index (χ1n) is 5.46. The number of hydrogen-bond acceptors (Lipinski definition) is 5. The van der Waals surface area contributed by atoms with Crippen LogP contribution in [0.4, 0.5) is 10.1 Å². The number of carbonyl (C=O) groups excluding carboxylic acids is 1. The standard InChI is InChI=1S/C11H15FN2O4S/c1-3-18-11(15)7-14(2)19(16,17)10-5-4-8(12)6-9(10)13/h4-6H,3,7,13H2,1-2H3. The van der Waals surface area contributed by atoms with Crippen LogP contribution in [0.1, 0.15) is 6.92 Å². The number of hydrogen-bond donors (Lipinski definition) is 1. The van der Waals surface area contributed by atoms with E-state index in [1.54, 1.807) is 6.92 Å². The Labute approximate surface area is 111 Å². The summed E-state index contributed by atoms with van der Waals surface area (Å²) in [5, 5.41) is 0. The van der Waals surface area contributed by atoms with Crippen molar-refractivity contribution in [3.05, 3.63) is 24.0 Å². The molecule has 6 nitrogen and oxygen atoms in total. The molecule has 0 aliphatic heterocycles. The van der Waals surface area contributed by atoms with Crippen molar-refractivity contribution < 1.29 is 22.3 Å². The zero-order valence-corrected chi connectivity index (χ0v) is 11.4. The Balaban J connectivity index is 3.00. The zero-order valence-electron chi connectivity index (χ0n) is 10.6. The molecule has 0 aliphatic rings. The van der Waals surface area contributed by atoms with Crippen LogP contribution in [0.3, 0.4) is 0 Å². The number of rotatable bonds is 5. The Morgan fingerprint density at radius 2 is 2.11 bits per heavy atom. The maximum atomic E-state index is 12.9. The normalized spacial score (nSPS) is 11.6. The van der Waals surface area contributed by atoms with Crippen LogP contribution < -0.4 is 5.73 Å². The lowest BCUT2D eigenvalue weighted by molar-refractivity contribution is -0.143. The van der Waals surface area contributed by atoms with Gasteiger partial charge in [-0.2, -0.15) is 4.31 Å². The van der Waals surface area contributed by atoms with Gasteiger partial charge < -0.3 is 10.5 Å². The Kier molecular flexibility index (Phi) is 4.84. The summed E-state index contributed by atoms with van der Waals surface area (Å²) in [6, 6.07) is 2.95. The molecule has 0 radical (unpaired) electrons. The van der Waals surface area contributed by atoms with E-state index in [0.717, 1.165) is 22.5 Å². The molecule has 0 aliphatic carbocycles. The number of nitrogens with two attached hydrogens (primary N) is 1. The molecular formula is C11H15FN2O4S. The molecule has 0 fully saturated rings. The number of anilines is 1. The van der Waals surface area contributed by atoms with E-state index in [1.165, 1.54) is 7.05 Å². The minimum Gasteiger partial charge on any atom is -0.465 e. The van der Waals surface area contributed by atoms with Gasteiger partial charge in [0.2, 0.25) is 10.0 Å². The summed E-state index contributed by atoms with van der Waals surface area (Å²) in [5.41, 5.74) is 5.26. The fourth-order valence-corrected chi connectivity index (χ4v) is 2.60. The maximum Gasteiger partial charge on any atom is 0.321 e. The molecule has 0 amide bonds. The van der Waals surface area contributed by atoms with Crippen molar-refractivity contribution in [3.8, 4) is 0 Å². The predicted molar refractivity (Wildman–Crippen MR) is 67.3 cm³/mol. The highest BCUT2D eigenvalue weighted by molar-refractivity contribution is 7.89. The third kappa shape index (κ3) is 3.65. The summed E-state index contributed by atoms with van der Waals surface area (Å²) in [4.78, 5) is 11.0. The fourth-order valence-electron chi connectivity index (χ4n) is 1.40. The lowest BCUT2D eigenvalue weighted by Crippen LogP contribution is -2.33. The predicted octanol–water partition coefficient (Wildman–Crippen LogP) is 0.592. The van der Waals surface area contributed by atoms with Gasteiger partial charge in [0.25, 0.3) is 0 Å². The van der Waals surface area contributed by atoms with Gasteiger partial charge in [-0.3, -0.25) is 4.79 Å². The van der Waals surface area contributed by atoms with Gasteiger partial charge >= 0.3 is 5.97 Å². The summed E-state index contributed by atoms with van der Waals surface area (Å²) in [5.74, 6) is -1.31. The largest absolute Gasteiger partial charge is 0.465 e. The van der Waals surface area contributed by atoms with Crippen LogP contribution in [0.25, 0.3) is 0 Å². The maximum absolute atomic E-state index is 12.9. The van der Waals surface area contributed by atoms with Gasteiger partial charge in [-0.15, -0.1) is 0 Å². The molecule has 8 heteroatoms. The summed E-state index contributed by atoms with van der Waals surface area (Å²) >= 11 is 0. The molecule has 0 saturated heterocycles. The van der Waals surface area contributed by atoms with Gasteiger partial charge in [0.1, 0.15) is 17.3 Å². The molecule has 106 valence electrons. The van der Waals surface area contributed by atoms with Crippen LogP contribution in [0, 0.1) is 5.82 Å². The number of likely N-dealkylation sites (N-methyl/N-ethyl adjacent to an activating group) is 1. The van der Waals surface area contributed by atoms with Gasteiger partial charge in [0.15, 0.2) is 0 Å². The summed E-state index contributed by atoms with van der Waals surface area (Å²) in [7, 11) is -2.74. The number of benzene rings is 1. The second-order valence-corrected chi connectivity index (χ2v) is 5.76. The first-order valence-corrected chi connectivity index (χ1v) is 6.90. The number of esters is 1. The Hall–Kier alpha value is -1.67. The van der Waals surface area contributed by atoms with E-state index in [4.69, 9.17) is 5.73 Å². The number of halogens is 1. The first-order chi connectivity index (χ1) is 8.78. The van der Waals surface area contributed by atoms with Crippen LogP contribution >= 0.6 is 0 Å². The van der Waals surface area contributed by atoms with E-state index in [1.807, 2.05) is 0 Å². The number of ether oxygens (including phenoxy) is 1. The molecule has 0 aromatic heterocycles. The van der Waals surface area contributed by atoms with Crippen LogP contribution in [-0.4, -0.2) is 38.9 Å². The smallest absolute Gasteiger partial charge is 0.321 e. The van der Waals surface area contributed by atoms with Gasteiger partial charge in [-0.25, -0.2) is 12.8 Å². The van der Waals surface area contributed by atoms with E-state index in [0.29, 0.717) is 0 Å². The molecule has 2 N–H and O–H groups in total. The molecule has 0 spiro atoms. The second-order valence-electron chi connectivity index (χ2n) is 3.75. The van der Waals surface area contributed by atoms with Crippen molar-refractivity contribution in [1.29, 1.82) is 0 Å². The van der Waals surface area contributed by atoms with E-state index < -0.39 is 28.4 Å². The first kappa shape index (κ1) is 15.4. The zero-order chi connectivity index (χ0) is 14.6. The van der Waals surface area contributed by atoms with Gasteiger partial charge in [-0.05, 0) is 25.1 Å². The average Bonchev–Trinajstić information content (AvgIpc) is 2.28. The third-order valence-corrected chi connectivity index (χ3v) is 4.19. The van der Waals surface area contributed by atoms with E-state index in [9.17, 15) is 17.6 Å². The fraction of sp³-hybridized carbons (Fsp3) is 0.364. The molecule has 0 unspecified atom stereocenters. The lowest BCUT2D eigenvalue weighted by atomic mass is 10.3. The minimum absolute atomic E-state index is 0.158. The topological polar surface area (TPSA) is 89.7 Å². The van der Waals surface area contributed by atoms with E-state index in [-0.39, 0.29) is 17.2 Å². The van der Waals surface area contributed by atoms with Crippen LogP contribution in [0.15, 0.2) is 23.1 Å². The Bertz CT molecular complexity index is 574. The third-order valence-electron chi connectivity index (χ3n) is 2.32.